The lowest BCUT2D eigenvalue weighted by Crippen LogP contribution is -2.27. The van der Waals surface area contributed by atoms with Crippen LogP contribution in [0.3, 0.4) is 0 Å². The Morgan fingerprint density at radius 2 is 2.14 bits per heavy atom. The first-order valence-electron chi connectivity index (χ1n) is 4.13. The molecule has 0 bridgehead atoms. The summed E-state index contributed by atoms with van der Waals surface area (Å²) in [7, 11) is 0. The van der Waals surface area contributed by atoms with Crippen molar-refractivity contribution >= 4 is 54.9 Å². The lowest BCUT2D eigenvalue weighted by molar-refractivity contribution is 0.979. The van der Waals surface area contributed by atoms with Gasteiger partial charge >= 0.3 is 0 Å². The monoisotopic (exact) mass is 336 g/mol. The molecule has 0 aromatic heterocycles. The molecule has 0 radical (unpaired) electrons. The minimum absolute atomic E-state index is 0.635. The smallest absolute Gasteiger partial charge is 0.170 e. The predicted octanol–water partition coefficient (Wildman–Crippen LogP) is 3.52. The zero-order valence-electron chi connectivity index (χ0n) is 7.60. The Kier molecular flexibility index (Phi) is 4.84. The van der Waals surface area contributed by atoms with Crippen molar-refractivity contribution in [3.8, 4) is 0 Å². The SMILES string of the molecule is CCNC(=S)Nc1ccc(Br)cc1Br. The highest BCUT2D eigenvalue weighted by atomic mass is 79.9. The van der Waals surface area contributed by atoms with E-state index in [2.05, 4.69) is 42.5 Å². The highest BCUT2D eigenvalue weighted by Crippen LogP contribution is 2.25. The maximum Gasteiger partial charge on any atom is 0.170 e. The minimum atomic E-state index is 0.635. The van der Waals surface area contributed by atoms with Crippen molar-refractivity contribution < 1.29 is 0 Å². The first-order valence-corrected chi connectivity index (χ1v) is 6.13. The van der Waals surface area contributed by atoms with Crippen molar-refractivity contribution in [3.05, 3.63) is 27.1 Å². The molecule has 2 nitrogen and oxygen atoms in total. The summed E-state index contributed by atoms with van der Waals surface area (Å²) in [6.45, 7) is 2.82. The van der Waals surface area contributed by atoms with Gasteiger partial charge in [0.25, 0.3) is 0 Å². The predicted molar refractivity (Wildman–Crippen MR) is 71.7 cm³/mol. The Labute approximate surface area is 106 Å². The molecule has 0 aliphatic heterocycles. The summed E-state index contributed by atoms with van der Waals surface area (Å²) in [5.41, 5.74) is 0.958. The van der Waals surface area contributed by atoms with E-state index in [0.717, 1.165) is 21.2 Å². The molecule has 76 valence electrons. The van der Waals surface area contributed by atoms with Gasteiger partial charge in [0.1, 0.15) is 0 Å². The number of halogens is 2. The van der Waals surface area contributed by atoms with Gasteiger partial charge in [-0.3, -0.25) is 0 Å². The van der Waals surface area contributed by atoms with Gasteiger partial charge in [-0.2, -0.15) is 0 Å². The number of benzene rings is 1. The van der Waals surface area contributed by atoms with Crippen LogP contribution in [0, 0.1) is 0 Å². The second-order valence-electron chi connectivity index (χ2n) is 2.61. The highest BCUT2D eigenvalue weighted by Gasteiger charge is 2.01. The summed E-state index contributed by atoms with van der Waals surface area (Å²) in [6, 6.07) is 5.89. The molecule has 5 heteroatoms. The van der Waals surface area contributed by atoms with Crippen molar-refractivity contribution in [2.24, 2.45) is 0 Å². The molecule has 0 fully saturated rings. The van der Waals surface area contributed by atoms with Crippen LogP contribution in [0.2, 0.25) is 0 Å². The fraction of sp³-hybridized carbons (Fsp3) is 0.222. The van der Waals surface area contributed by atoms with Crippen LogP contribution in [-0.4, -0.2) is 11.7 Å². The average Bonchev–Trinajstić information content (AvgIpc) is 2.10. The number of nitrogens with one attached hydrogen (secondary N) is 2. The highest BCUT2D eigenvalue weighted by molar-refractivity contribution is 9.11. The zero-order valence-corrected chi connectivity index (χ0v) is 11.6. The van der Waals surface area contributed by atoms with Crippen LogP contribution < -0.4 is 10.6 Å². The lowest BCUT2D eigenvalue weighted by Gasteiger charge is -2.10. The molecule has 2 N–H and O–H groups in total. The molecule has 1 rings (SSSR count). The first-order chi connectivity index (χ1) is 6.63. The molecule has 1 aromatic rings. The van der Waals surface area contributed by atoms with Gasteiger partial charge in [-0.15, -0.1) is 0 Å². The summed E-state index contributed by atoms with van der Waals surface area (Å²) < 4.78 is 2.01. The molecule has 0 saturated heterocycles. The quantitative estimate of drug-likeness (QED) is 0.807. The number of anilines is 1. The molecule has 0 heterocycles. The second kappa shape index (κ2) is 5.68. The van der Waals surface area contributed by atoms with Gasteiger partial charge in [0.15, 0.2) is 5.11 Å². The van der Waals surface area contributed by atoms with Crippen LogP contribution in [0.4, 0.5) is 5.69 Å². The first kappa shape index (κ1) is 11.9. The minimum Gasteiger partial charge on any atom is -0.363 e. The van der Waals surface area contributed by atoms with Crippen molar-refractivity contribution in [1.82, 2.24) is 5.32 Å². The molecule has 0 spiro atoms. The van der Waals surface area contributed by atoms with E-state index in [1.165, 1.54) is 0 Å². The number of hydrogen-bond acceptors (Lipinski definition) is 1. The maximum absolute atomic E-state index is 5.07. The van der Waals surface area contributed by atoms with Gasteiger partial charge < -0.3 is 10.6 Å². The van der Waals surface area contributed by atoms with Gasteiger partial charge in [-0.25, -0.2) is 0 Å². The third-order valence-corrected chi connectivity index (χ3v) is 2.91. The molecule has 1 aromatic carbocycles. The molecular formula is C9H10Br2N2S. The van der Waals surface area contributed by atoms with E-state index in [4.69, 9.17) is 12.2 Å². The Hall–Kier alpha value is -0.130. The summed E-state index contributed by atoms with van der Waals surface area (Å²) >= 11 is 11.9. The largest absolute Gasteiger partial charge is 0.363 e. The van der Waals surface area contributed by atoms with Crippen LogP contribution in [0.1, 0.15) is 6.92 Å². The normalized spacial score (nSPS) is 9.64. The van der Waals surface area contributed by atoms with E-state index < -0.39 is 0 Å². The summed E-state index contributed by atoms with van der Waals surface area (Å²) in [6.07, 6.45) is 0. The third kappa shape index (κ3) is 3.55. The van der Waals surface area contributed by atoms with Gasteiger partial charge in [-0.05, 0) is 53.3 Å². The Balaban J connectivity index is 2.72. The van der Waals surface area contributed by atoms with E-state index in [1.54, 1.807) is 0 Å². The number of thiocarbonyl (C=S) groups is 1. The van der Waals surface area contributed by atoms with Gasteiger partial charge in [0.2, 0.25) is 0 Å². The summed E-state index contributed by atoms with van der Waals surface area (Å²) in [5.74, 6) is 0. The van der Waals surface area contributed by atoms with E-state index >= 15 is 0 Å². The molecule has 0 saturated carbocycles. The molecule has 0 atom stereocenters. The van der Waals surface area contributed by atoms with Crippen LogP contribution in [0.15, 0.2) is 27.1 Å². The number of hydrogen-bond donors (Lipinski definition) is 2. The zero-order chi connectivity index (χ0) is 10.6. The summed E-state index contributed by atoms with van der Waals surface area (Å²) in [5, 5.41) is 6.75. The van der Waals surface area contributed by atoms with E-state index in [-0.39, 0.29) is 0 Å². The van der Waals surface area contributed by atoms with E-state index in [1.807, 2.05) is 25.1 Å². The fourth-order valence-corrected chi connectivity index (χ4v) is 2.32. The number of rotatable bonds is 2. The standard InChI is InChI=1S/C9H10Br2N2S/c1-2-12-9(14)13-8-4-3-6(10)5-7(8)11/h3-5H,2H2,1H3,(H2,12,13,14). The molecular weight excluding hydrogens is 328 g/mol. The molecule has 0 amide bonds. The van der Waals surface area contributed by atoms with Gasteiger partial charge in [0.05, 0.1) is 5.69 Å². The molecule has 0 unspecified atom stereocenters. The average molecular weight is 338 g/mol. The third-order valence-electron chi connectivity index (χ3n) is 1.52. The van der Waals surface area contributed by atoms with Crippen molar-refractivity contribution in [1.29, 1.82) is 0 Å². The Morgan fingerprint density at radius 1 is 1.43 bits per heavy atom. The van der Waals surface area contributed by atoms with Crippen molar-refractivity contribution in [2.75, 3.05) is 11.9 Å². The Bertz CT molecular complexity index is 342. The topological polar surface area (TPSA) is 24.1 Å². The fourth-order valence-electron chi connectivity index (χ4n) is 0.918. The van der Waals surface area contributed by atoms with Crippen LogP contribution in [0.25, 0.3) is 0 Å². The van der Waals surface area contributed by atoms with Gasteiger partial charge in [-0.1, -0.05) is 15.9 Å². The second-order valence-corrected chi connectivity index (χ2v) is 4.79. The van der Waals surface area contributed by atoms with Crippen molar-refractivity contribution in [2.45, 2.75) is 6.92 Å². The van der Waals surface area contributed by atoms with E-state index in [9.17, 15) is 0 Å². The van der Waals surface area contributed by atoms with Gasteiger partial charge in [0, 0.05) is 15.5 Å². The molecule has 0 aliphatic rings. The van der Waals surface area contributed by atoms with Crippen molar-refractivity contribution in [3.63, 3.8) is 0 Å². The molecule has 0 aliphatic carbocycles. The summed E-state index contributed by atoms with van der Waals surface area (Å²) in [4.78, 5) is 0. The maximum atomic E-state index is 5.07. The van der Waals surface area contributed by atoms with Crippen LogP contribution in [0.5, 0.6) is 0 Å². The lowest BCUT2D eigenvalue weighted by atomic mass is 10.3. The van der Waals surface area contributed by atoms with Crippen LogP contribution in [-0.2, 0) is 0 Å². The van der Waals surface area contributed by atoms with E-state index in [0.29, 0.717) is 5.11 Å². The Morgan fingerprint density at radius 3 is 2.71 bits per heavy atom. The molecule has 14 heavy (non-hydrogen) atoms. The van der Waals surface area contributed by atoms with Crippen LogP contribution >= 0.6 is 44.1 Å².